The summed E-state index contributed by atoms with van der Waals surface area (Å²) in [6.07, 6.45) is 31.6. The molecule has 0 radical (unpaired) electrons. The van der Waals surface area contributed by atoms with Gasteiger partial charge in [-0.25, -0.2) is 4.57 Å². The summed E-state index contributed by atoms with van der Waals surface area (Å²) in [7, 11) is -4.63. The zero-order valence-electron chi connectivity index (χ0n) is 33.1. The topological polar surface area (TPSA) is 161 Å². The summed E-state index contributed by atoms with van der Waals surface area (Å²) in [5.74, 6) is -0.226. The predicted molar refractivity (Wildman–Crippen MR) is 209 cm³/mol. The van der Waals surface area contributed by atoms with Crippen LogP contribution in [0.25, 0.3) is 0 Å². The van der Waals surface area contributed by atoms with Gasteiger partial charge in [0.15, 0.2) is 6.10 Å². The third kappa shape index (κ3) is 31.1. The Balaban J connectivity index is 2.32. The van der Waals surface area contributed by atoms with E-state index in [2.05, 4.69) is 49.6 Å². The average Bonchev–Trinajstić information content (AvgIpc) is 3.89. The Kier molecular flexibility index (Phi) is 30.1. The van der Waals surface area contributed by atoms with Gasteiger partial charge < -0.3 is 29.3 Å². The van der Waals surface area contributed by atoms with Gasteiger partial charge in [-0.3, -0.25) is 18.6 Å². The maximum absolute atomic E-state index is 12.6. The number of esters is 2. The van der Waals surface area contributed by atoms with Crippen molar-refractivity contribution in [3.05, 3.63) is 36.5 Å². The first-order valence-electron chi connectivity index (χ1n) is 20.4. The van der Waals surface area contributed by atoms with Gasteiger partial charge in [-0.1, -0.05) is 128 Å². The molecule has 1 heterocycles. The largest absolute Gasteiger partial charge is 0.472 e. The number of epoxide rings is 1. The molecular weight excluding hydrogens is 699 g/mol. The summed E-state index contributed by atoms with van der Waals surface area (Å²) in [6, 6.07) is 0. The SMILES string of the molecule is CCCCC/C=C\CC1OC1C/C=C\C/C=C\CCCC(=O)O[C@H](COC(=O)CCCCCCCCCCCC(C)C)COP(=O)(O)OC[C@@H](O)CO. The zero-order chi connectivity index (χ0) is 39.0. The van der Waals surface area contributed by atoms with Gasteiger partial charge in [-0.15, -0.1) is 0 Å². The number of hydrogen-bond donors (Lipinski definition) is 3. The summed E-state index contributed by atoms with van der Waals surface area (Å²) in [6.45, 7) is 4.55. The van der Waals surface area contributed by atoms with E-state index in [1.807, 2.05) is 12.2 Å². The van der Waals surface area contributed by atoms with Crippen LogP contribution >= 0.6 is 7.82 Å². The van der Waals surface area contributed by atoms with Gasteiger partial charge >= 0.3 is 19.8 Å². The van der Waals surface area contributed by atoms with Crippen molar-refractivity contribution in [2.45, 2.75) is 180 Å². The lowest BCUT2D eigenvalue weighted by atomic mass is 10.0. The number of ether oxygens (including phenoxy) is 3. The second kappa shape index (κ2) is 32.4. The van der Waals surface area contributed by atoms with E-state index in [-0.39, 0.29) is 19.4 Å². The smallest absolute Gasteiger partial charge is 0.462 e. The molecule has 5 atom stereocenters. The Morgan fingerprint density at radius 2 is 1.28 bits per heavy atom. The molecule has 0 spiro atoms. The molecule has 1 aliphatic rings. The van der Waals surface area contributed by atoms with Crippen molar-refractivity contribution >= 4 is 19.8 Å². The normalized spacial score (nSPS) is 18.2. The van der Waals surface area contributed by atoms with E-state index in [9.17, 15) is 24.2 Å². The van der Waals surface area contributed by atoms with Crippen molar-refractivity contribution < 1.29 is 52.5 Å². The standard InChI is InChI=1S/C41H73O11P/c1-4-5-6-7-17-22-27-38-39(52-38)28-23-18-13-11-15-20-25-30-41(45)51-37(34-50-53(46,47)49-32-36(43)31-42)33-48-40(44)29-24-19-14-10-8-9-12-16-21-26-35(2)3/h11,15,17-18,22-23,35-39,42-43H,4-10,12-14,16,19-21,24-34H2,1-3H3,(H,46,47)/b15-11-,22-17-,23-18-/t36-,37+,38?,39?/m0/s1. The van der Waals surface area contributed by atoms with Crippen LogP contribution in [0.15, 0.2) is 36.5 Å². The first kappa shape index (κ1) is 49.2. The van der Waals surface area contributed by atoms with Crippen LogP contribution in [0.1, 0.15) is 156 Å². The van der Waals surface area contributed by atoms with Crippen LogP contribution in [-0.2, 0) is 37.4 Å². The van der Waals surface area contributed by atoms with Crippen LogP contribution < -0.4 is 0 Å². The molecule has 0 saturated carbocycles. The number of allylic oxidation sites excluding steroid dienone is 4. The quantitative estimate of drug-likeness (QED) is 0.0183. The molecule has 0 aromatic heterocycles. The second-order valence-electron chi connectivity index (χ2n) is 14.5. The molecule has 3 N–H and O–H groups in total. The van der Waals surface area contributed by atoms with Gasteiger partial charge in [0.2, 0.25) is 0 Å². The lowest BCUT2D eigenvalue weighted by Gasteiger charge is -2.20. The molecular formula is C41H73O11P. The minimum absolute atomic E-state index is 0.103. The minimum atomic E-state index is -4.63. The van der Waals surface area contributed by atoms with Crippen LogP contribution in [0.2, 0.25) is 0 Å². The molecule has 1 rings (SSSR count). The fraction of sp³-hybridized carbons (Fsp3) is 0.805. The fourth-order valence-corrected chi connectivity index (χ4v) is 6.35. The van der Waals surface area contributed by atoms with Crippen molar-refractivity contribution in [2.24, 2.45) is 5.92 Å². The van der Waals surface area contributed by atoms with Gasteiger partial charge in [-0.05, 0) is 57.3 Å². The van der Waals surface area contributed by atoms with E-state index < -0.39 is 51.8 Å². The molecule has 0 amide bonds. The van der Waals surface area contributed by atoms with E-state index >= 15 is 0 Å². The highest BCUT2D eigenvalue weighted by Crippen LogP contribution is 2.43. The molecule has 3 unspecified atom stereocenters. The Morgan fingerprint density at radius 3 is 1.94 bits per heavy atom. The van der Waals surface area contributed by atoms with Crippen molar-refractivity contribution in [3.8, 4) is 0 Å². The number of unbranched alkanes of at least 4 members (excludes halogenated alkanes) is 12. The molecule has 12 heteroatoms. The molecule has 0 aliphatic carbocycles. The van der Waals surface area contributed by atoms with Crippen molar-refractivity contribution in [1.29, 1.82) is 0 Å². The lowest BCUT2D eigenvalue weighted by Crippen LogP contribution is -2.29. The van der Waals surface area contributed by atoms with Gasteiger partial charge in [0.05, 0.1) is 32.0 Å². The number of carbonyl (C=O) groups is 2. The maximum Gasteiger partial charge on any atom is 0.472 e. The number of rotatable bonds is 36. The Morgan fingerprint density at radius 1 is 0.717 bits per heavy atom. The first-order valence-corrected chi connectivity index (χ1v) is 21.9. The van der Waals surface area contributed by atoms with Gasteiger partial charge in [0.25, 0.3) is 0 Å². The summed E-state index contributed by atoms with van der Waals surface area (Å²) in [5, 5.41) is 18.3. The van der Waals surface area contributed by atoms with Crippen molar-refractivity contribution in [2.75, 3.05) is 26.4 Å². The van der Waals surface area contributed by atoms with Gasteiger partial charge in [0, 0.05) is 12.8 Å². The van der Waals surface area contributed by atoms with E-state index in [1.54, 1.807) is 0 Å². The van der Waals surface area contributed by atoms with Crippen molar-refractivity contribution in [3.63, 3.8) is 0 Å². The molecule has 0 bridgehead atoms. The summed E-state index contributed by atoms with van der Waals surface area (Å²) in [4.78, 5) is 34.9. The molecule has 11 nitrogen and oxygen atoms in total. The highest BCUT2D eigenvalue weighted by atomic mass is 31.2. The summed E-state index contributed by atoms with van der Waals surface area (Å²) >= 11 is 0. The average molecular weight is 773 g/mol. The molecule has 0 aromatic carbocycles. The van der Waals surface area contributed by atoms with Gasteiger partial charge in [0.1, 0.15) is 12.7 Å². The number of carbonyl (C=O) groups excluding carboxylic acids is 2. The van der Waals surface area contributed by atoms with Crippen LogP contribution in [0, 0.1) is 5.92 Å². The first-order chi connectivity index (χ1) is 25.6. The third-order valence-corrected chi connectivity index (χ3v) is 9.83. The highest BCUT2D eigenvalue weighted by Gasteiger charge is 2.36. The molecule has 0 aromatic rings. The second-order valence-corrected chi connectivity index (χ2v) is 16.0. The number of aliphatic hydroxyl groups excluding tert-OH is 2. The number of phosphoric acid groups is 1. The molecule has 1 fully saturated rings. The summed E-state index contributed by atoms with van der Waals surface area (Å²) < 4.78 is 38.3. The van der Waals surface area contributed by atoms with Gasteiger partial charge in [-0.2, -0.15) is 0 Å². The van der Waals surface area contributed by atoms with Crippen LogP contribution in [-0.4, -0.2) is 77.9 Å². The molecule has 308 valence electrons. The van der Waals surface area contributed by atoms with Crippen LogP contribution in [0.4, 0.5) is 0 Å². The monoisotopic (exact) mass is 772 g/mol. The molecule has 1 saturated heterocycles. The number of aliphatic hydroxyl groups is 2. The highest BCUT2D eigenvalue weighted by molar-refractivity contribution is 7.47. The summed E-state index contributed by atoms with van der Waals surface area (Å²) in [5.41, 5.74) is 0. The van der Waals surface area contributed by atoms with E-state index in [0.29, 0.717) is 31.5 Å². The van der Waals surface area contributed by atoms with Crippen LogP contribution in [0.5, 0.6) is 0 Å². The van der Waals surface area contributed by atoms with Crippen molar-refractivity contribution in [1.82, 2.24) is 0 Å². The maximum atomic E-state index is 12.6. The van der Waals surface area contributed by atoms with E-state index in [1.165, 1.54) is 57.8 Å². The predicted octanol–water partition coefficient (Wildman–Crippen LogP) is 9.23. The zero-order valence-corrected chi connectivity index (χ0v) is 34.0. The van der Waals surface area contributed by atoms with Crippen LogP contribution in [0.3, 0.4) is 0 Å². The van der Waals surface area contributed by atoms with E-state index in [0.717, 1.165) is 50.9 Å². The fourth-order valence-electron chi connectivity index (χ4n) is 5.56. The number of phosphoric ester groups is 1. The van der Waals surface area contributed by atoms with E-state index in [4.69, 9.17) is 23.8 Å². The Bertz CT molecular complexity index is 1060. The minimum Gasteiger partial charge on any atom is -0.462 e. The molecule has 53 heavy (non-hydrogen) atoms. The lowest BCUT2D eigenvalue weighted by molar-refractivity contribution is -0.161. The Labute approximate surface area is 320 Å². The number of hydrogen-bond acceptors (Lipinski definition) is 10. The Hall–Kier alpha value is -1.85. The molecule has 1 aliphatic heterocycles. The third-order valence-electron chi connectivity index (χ3n) is 8.88.